The number of hydrogen-bond acceptors (Lipinski definition) is 4. The molecule has 1 aliphatic rings. The third-order valence-electron chi connectivity index (χ3n) is 2.84. The molecule has 0 spiro atoms. The summed E-state index contributed by atoms with van der Waals surface area (Å²) >= 11 is 1.47. The number of rotatable bonds is 6. The van der Waals surface area contributed by atoms with Crippen LogP contribution in [0.2, 0.25) is 0 Å². The lowest BCUT2D eigenvalue weighted by Gasteiger charge is -2.25. The van der Waals surface area contributed by atoms with Crippen LogP contribution in [0.15, 0.2) is 17.6 Å². The summed E-state index contributed by atoms with van der Waals surface area (Å²) in [5.74, 6) is -0.324. The number of thioether (sulfide) groups is 1. The lowest BCUT2D eigenvalue weighted by atomic mass is 10.1. The van der Waals surface area contributed by atoms with E-state index in [4.69, 9.17) is 0 Å². The van der Waals surface area contributed by atoms with E-state index >= 15 is 0 Å². The highest BCUT2D eigenvalue weighted by atomic mass is 32.2. The Labute approximate surface area is 105 Å². The van der Waals surface area contributed by atoms with E-state index in [1.165, 1.54) is 11.8 Å². The Morgan fingerprint density at radius 3 is 2.94 bits per heavy atom. The van der Waals surface area contributed by atoms with Gasteiger partial charge < -0.3 is 9.67 Å². The SMILES string of the molecule is Cn1ccnc1SCC(C)(NC1CC1)C(=O)O. The fraction of sp³-hybridized carbons (Fsp3) is 0.636. The molecular weight excluding hydrogens is 238 g/mol. The molecule has 1 heterocycles. The van der Waals surface area contributed by atoms with Gasteiger partial charge in [0.05, 0.1) is 0 Å². The number of aromatic nitrogens is 2. The van der Waals surface area contributed by atoms with Crippen LogP contribution < -0.4 is 5.32 Å². The van der Waals surface area contributed by atoms with Crippen molar-refractivity contribution in [2.45, 2.75) is 36.5 Å². The first-order valence-corrected chi connectivity index (χ1v) is 6.61. The number of carboxylic acids is 1. The van der Waals surface area contributed by atoms with Crippen LogP contribution in [-0.2, 0) is 11.8 Å². The van der Waals surface area contributed by atoms with E-state index in [0.29, 0.717) is 11.8 Å². The smallest absolute Gasteiger partial charge is 0.324 e. The monoisotopic (exact) mass is 255 g/mol. The Hall–Kier alpha value is -1.01. The Morgan fingerprint density at radius 2 is 2.47 bits per heavy atom. The van der Waals surface area contributed by atoms with Crippen LogP contribution in [0, 0.1) is 0 Å². The van der Waals surface area contributed by atoms with E-state index in [2.05, 4.69) is 10.3 Å². The van der Waals surface area contributed by atoms with Crippen LogP contribution in [-0.4, -0.2) is 38.0 Å². The van der Waals surface area contributed by atoms with Gasteiger partial charge in [0.1, 0.15) is 5.54 Å². The zero-order valence-electron chi connectivity index (χ0n) is 10.0. The van der Waals surface area contributed by atoms with Crippen molar-refractivity contribution in [2.75, 3.05) is 5.75 Å². The van der Waals surface area contributed by atoms with Gasteiger partial charge in [-0.25, -0.2) is 4.98 Å². The van der Waals surface area contributed by atoms with E-state index in [9.17, 15) is 9.90 Å². The molecule has 1 unspecified atom stereocenters. The first-order valence-electron chi connectivity index (χ1n) is 5.62. The van der Waals surface area contributed by atoms with Crippen molar-refractivity contribution in [1.29, 1.82) is 0 Å². The molecule has 0 radical (unpaired) electrons. The fourth-order valence-electron chi connectivity index (χ4n) is 1.54. The van der Waals surface area contributed by atoms with E-state index in [-0.39, 0.29) is 0 Å². The minimum absolute atomic E-state index is 0.373. The summed E-state index contributed by atoms with van der Waals surface area (Å²) in [6, 6.07) is 0.373. The molecule has 0 saturated heterocycles. The second kappa shape index (κ2) is 4.70. The molecule has 1 aromatic heterocycles. The Balaban J connectivity index is 1.97. The Morgan fingerprint density at radius 1 is 1.76 bits per heavy atom. The fourth-order valence-corrected chi connectivity index (χ4v) is 2.57. The van der Waals surface area contributed by atoms with Gasteiger partial charge in [-0.05, 0) is 19.8 Å². The number of aliphatic carboxylic acids is 1. The average Bonchev–Trinajstić information content (AvgIpc) is 2.97. The van der Waals surface area contributed by atoms with Gasteiger partial charge in [0.2, 0.25) is 0 Å². The van der Waals surface area contributed by atoms with E-state index in [1.807, 2.05) is 17.8 Å². The van der Waals surface area contributed by atoms with Crippen LogP contribution in [0.1, 0.15) is 19.8 Å². The number of aryl methyl sites for hydroxylation is 1. The summed E-state index contributed by atoms with van der Waals surface area (Å²) in [6.07, 6.45) is 5.73. The third kappa shape index (κ3) is 3.01. The molecule has 1 atom stereocenters. The van der Waals surface area contributed by atoms with E-state index < -0.39 is 11.5 Å². The van der Waals surface area contributed by atoms with Crippen molar-refractivity contribution in [1.82, 2.24) is 14.9 Å². The van der Waals surface area contributed by atoms with Crippen LogP contribution in [0.5, 0.6) is 0 Å². The molecule has 0 aromatic carbocycles. The molecule has 1 fully saturated rings. The summed E-state index contributed by atoms with van der Waals surface area (Å²) in [6.45, 7) is 1.74. The molecule has 2 N–H and O–H groups in total. The highest BCUT2D eigenvalue weighted by molar-refractivity contribution is 7.99. The number of carboxylic acid groups (broad SMARTS) is 1. The number of nitrogens with zero attached hydrogens (tertiary/aromatic N) is 2. The van der Waals surface area contributed by atoms with E-state index in [0.717, 1.165) is 18.0 Å². The van der Waals surface area contributed by atoms with Crippen molar-refractivity contribution < 1.29 is 9.90 Å². The Kier molecular flexibility index (Phi) is 3.44. The molecule has 94 valence electrons. The van der Waals surface area contributed by atoms with Crippen molar-refractivity contribution in [3.8, 4) is 0 Å². The molecule has 1 aromatic rings. The normalized spacial score (nSPS) is 18.9. The van der Waals surface area contributed by atoms with E-state index in [1.54, 1.807) is 13.1 Å². The molecule has 0 bridgehead atoms. The van der Waals surface area contributed by atoms with Crippen molar-refractivity contribution in [3.05, 3.63) is 12.4 Å². The maximum Gasteiger partial charge on any atom is 0.324 e. The number of nitrogens with one attached hydrogen (secondary N) is 1. The molecule has 6 heteroatoms. The van der Waals surface area contributed by atoms with Gasteiger partial charge in [-0.2, -0.15) is 0 Å². The third-order valence-corrected chi connectivity index (χ3v) is 4.21. The molecule has 2 rings (SSSR count). The maximum atomic E-state index is 11.3. The predicted octanol–water partition coefficient (Wildman–Crippen LogP) is 1.11. The summed E-state index contributed by atoms with van der Waals surface area (Å²) in [4.78, 5) is 15.5. The molecule has 1 aliphatic carbocycles. The molecular formula is C11H17N3O2S. The van der Waals surface area contributed by atoms with Crippen molar-refractivity contribution in [3.63, 3.8) is 0 Å². The van der Waals surface area contributed by atoms with Crippen LogP contribution >= 0.6 is 11.8 Å². The molecule has 0 aliphatic heterocycles. The standard InChI is InChI=1S/C11H17N3O2S/c1-11(9(15)16,13-8-3-4-8)7-17-10-12-5-6-14(10)2/h5-6,8,13H,3-4,7H2,1-2H3,(H,15,16). The summed E-state index contributed by atoms with van der Waals surface area (Å²) in [5, 5.41) is 13.3. The summed E-state index contributed by atoms with van der Waals surface area (Å²) < 4.78 is 1.89. The highest BCUT2D eigenvalue weighted by Gasteiger charge is 2.38. The summed E-state index contributed by atoms with van der Waals surface area (Å²) in [7, 11) is 1.90. The van der Waals surface area contributed by atoms with Crippen LogP contribution in [0.4, 0.5) is 0 Å². The molecule has 0 amide bonds. The van der Waals surface area contributed by atoms with Crippen molar-refractivity contribution >= 4 is 17.7 Å². The zero-order chi connectivity index (χ0) is 12.5. The summed E-state index contributed by atoms with van der Waals surface area (Å²) in [5.41, 5.74) is -0.877. The highest BCUT2D eigenvalue weighted by Crippen LogP contribution is 2.26. The molecule has 17 heavy (non-hydrogen) atoms. The van der Waals surface area contributed by atoms with Crippen LogP contribution in [0.3, 0.4) is 0 Å². The lowest BCUT2D eigenvalue weighted by Crippen LogP contribution is -2.52. The second-order valence-electron chi connectivity index (χ2n) is 4.67. The van der Waals surface area contributed by atoms with Crippen LogP contribution in [0.25, 0.3) is 0 Å². The predicted molar refractivity (Wildman–Crippen MR) is 66.1 cm³/mol. The maximum absolute atomic E-state index is 11.3. The first-order chi connectivity index (χ1) is 8.01. The molecule has 5 nitrogen and oxygen atoms in total. The topological polar surface area (TPSA) is 67.2 Å². The number of imidazole rings is 1. The minimum Gasteiger partial charge on any atom is -0.480 e. The Bertz CT molecular complexity index is 417. The second-order valence-corrected chi connectivity index (χ2v) is 5.61. The van der Waals surface area contributed by atoms with Gasteiger partial charge in [0.25, 0.3) is 0 Å². The minimum atomic E-state index is -0.877. The number of carbonyl (C=O) groups is 1. The largest absolute Gasteiger partial charge is 0.480 e. The van der Waals surface area contributed by atoms with Crippen molar-refractivity contribution in [2.24, 2.45) is 7.05 Å². The average molecular weight is 255 g/mol. The lowest BCUT2D eigenvalue weighted by molar-refractivity contribution is -0.143. The van der Waals surface area contributed by atoms with Gasteiger partial charge in [0.15, 0.2) is 5.16 Å². The first kappa shape index (κ1) is 12.4. The molecule has 1 saturated carbocycles. The van der Waals surface area contributed by atoms with Gasteiger partial charge in [-0.3, -0.25) is 10.1 Å². The zero-order valence-corrected chi connectivity index (χ0v) is 10.8. The van der Waals surface area contributed by atoms with Gasteiger partial charge in [-0.15, -0.1) is 0 Å². The van der Waals surface area contributed by atoms with Gasteiger partial charge >= 0.3 is 5.97 Å². The van der Waals surface area contributed by atoms with Gasteiger partial charge in [-0.1, -0.05) is 11.8 Å². The van der Waals surface area contributed by atoms with Gasteiger partial charge in [0, 0.05) is 31.2 Å². The number of hydrogen-bond donors (Lipinski definition) is 2. The quantitative estimate of drug-likeness (QED) is 0.745.